The van der Waals surface area contributed by atoms with Gasteiger partial charge in [-0.1, -0.05) is 6.92 Å². The van der Waals surface area contributed by atoms with Crippen LogP contribution in [0.2, 0.25) is 0 Å². The molecule has 8 heteroatoms. The number of halogens is 1. The number of benzene rings is 1. The highest BCUT2D eigenvalue weighted by atomic mass is 32.2. The third-order valence-electron chi connectivity index (χ3n) is 7.04. The number of hydrogen-bond acceptors (Lipinski definition) is 5. The van der Waals surface area contributed by atoms with Gasteiger partial charge in [0.2, 0.25) is 0 Å². The summed E-state index contributed by atoms with van der Waals surface area (Å²) in [5.41, 5.74) is -0.219. The Balaban J connectivity index is 1.17. The average Bonchev–Trinajstić information content (AvgIpc) is 3.66. The maximum atomic E-state index is 14.1. The van der Waals surface area contributed by atoms with Crippen LogP contribution in [0.25, 0.3) is 0 Å². The van der Waals surface area contributed by atoms with Crippen molar-refractivity contribution in [2.75, 3.05) is 25.4 Å². The van der Waals surface area contributed by atoms with Crippen LogP contribution < -0.4 is 4.74 Å². The van der Waals surface area contributed by atoms with Crippen molar-refractivity contribution >= 4 is 15.9 Å². The molecule has 0 spiro atoms. The maximum Gasteiger partial charge on any atom is 0.410 e. The first kappa shape index (κ1) is 22.4. The molecule has 1 aromatic carbocycles. The summed E-state index contributed by atoms with van der Waals surface area (Å²) in [6.45, 7) is 5.51. The Morgan fingerprint density at radius 2 is 1.97 bits per heavy atom. The molecule has 0 N–H and O–H groups in total. The van der Waals surface area contributed by atoms with E-state index in [0.717, 1.165) is 51.3 Å². The molecule has 0 unspecified atom stereocenters. The topological polar surface area (TPSA) is 72.9 Å². The molecule has 1 heterocycles. The van der Waals surface area contributed by atoms with Crippen LogP contribution in [0.4, 0.5) is 9.18 Å². The van der Waals surface area contributed by atoms with Crippen LogP contribution in [0.1, 0.15) is 52.4 Å². The van der Waals surface area contributed by atoms with Gasteiger partial charge in [0.15, 0.2) is 9.84 Å². The van der Waals surface area contributed by atoms with Gasteiger partial charge >= 0.3 is 6.09 Å². The molecular weight excluding hydrogens is 421 g/mol. The Labute approximate surface area is 184 Å². The minimum absolute atomic E-state index is 0.132. The van der Waals surface area contributed by atoms with Gasteiger partial charge < -0.3 is 14.4 Å². The van der Waals surface area contributed by atoms with Crippen molar-refractivity contribution in [2.45, 2.75) is 62.9 Å². The summed E-state index contributed by atoms with van der Waals surface area (Å²) in [5, 5.41) is 0. The minimum atomic E-state index is -3.57. The second-order valence-corrected chi connectivity index (χ2v) is 11.7. The fourth-order valence-electron chi connectivity index (χ4n) is 4.55. The lowest BCUT2D eigenvalue weighted by molar-refractivity contribution is 0.0473. The van der Waals surface area contributed by atoms with Crippen molar-refractivity contribution in [2.24, 2.45) is 17.8 Å². The van der Waals surface area contributed by atoms with Gasteiger partial charge in [-0.05, 0) is 75.3 Å². The summed E-state index contributed by atoms with van der Waals surface area (Å²) >= 11 is 0. The number of hydrogen-bond donors (Lipinski definition) is 0. The van der Waals surface area contributed by atoms with Crippen LogP contribution in [0.5, 0.6) is 5.75 Å². The van der Waals surface area contributed by atoms with Crippen LogP contribution >= 0.6 is 0 Å². The summed E-state index contributed by atoms with van der Waals surface area (Å²) < 4.78 is 49.0. The lowest BCUT2D eigenvalue weighted by atomic mass is 9.91. The van der Waals surface area contributed by atoms with Gasteiger partial charge in [0, 0.05) is 19.2 Å². The molecule has 3 fully saturated rings. The van der Waals surface area contributed by atoms with Gasteiger partial charge in [0.05, 0.1) is 12.4 Å². The highest BCUT2D eigenvalue weighted by Gasteiger charge is 2.45. The molecule has 0 radical (unpaired) electrons. The average molecular weight is 454 g/mol. The lowest BCUT2D eigenvalue weighted by Crippen LogP contribution is -2.40. The number of amides is 1. The minimum Gasteiger partial charge on any atom is -0.493 e. The number of piperidine rings is 1. The standard InChI is InChI=1S/C23H32FNO5S/c1-3-31(27,28)21-5-4-18(15-20(21)24)29-13-8-17-14-19(17)16-6-11-25(12-7-16)22(26)30-23(2)9-10-23/h4-5,15-17,19H,3,6-14H2,1-2H3/t17-,19-/m1/s1. The van der Waals surface area contributed by atoms with Crippen LogP contribution in [0.3, 0.4) is 0 Å². The second kappa shape index (κ2) is 8.60. The third kappa shape index (κ3) is 5.33. The molecule has 0 aromatic heterocycles. The number of carbonyl (C=O) groups excluding carboxylic acids is 1. The van der Waals surface area contributed by atoms with E-state index in [1.165, 1.54) is 25.5 Å². The van der Waals surface area contributed by atoms with Crippen LogP contribution in [-0.2, 0) is 14.6 Å². The van der Waals surface area contributed by atoms with E-state index in [-0.39, 0.29) is 22.3 Å². The fourth-order valence-corrected chi connectivity index (χ4v) is 5.49. The Hall–Kier alpha value is -1.83. The third-order valence-corrected chi connectivity index (χ3v) is 8.81. The van der Waals surface area contributed by atoms with Crippen LogP contribution in [-0.4, -0.2) is 50.5 Å². The summed E-state index contributed by atoms with van der Waals surface area (Å²) in [6, 6.07) is 3.96. The zero-order chi connectivity index (χ0) is 22.2. The molecule has 3 aliphatic rings. The maximum absolute atomic E-state index is 14.1. The number of sulfone groups is 1. The van der Waals surface area contributed by atoms with Gasteiger partial charge in [-0.2, -0.15) is 0 Å². The monoisotopic (exact) mass is 453 g/mol. The largest absolute Gasteiger partial charge is 0.493 e. The molecule has 6 nitrogen and oxygen atoms in total. The predicted molar refractivity (Wildman–Crippen MR) is 114 cm³/mol. The Morgan fingerprint density at radius 3 is 2.58 bits per heavy atom. The predicted octanol–water partition coefficient (Wildman–Crippen LogP) is 4.43. The zero-order valence-electron chi connectivity index (χ0n) is 18.3. The van der Waals surface area contributed by atoms with Gasteiger partial charge in [-0.3, -0.25) is 0 Å². The van der Waals surface area contributed by atoms with Crippen molar-refractivity contribution in [3.63, 3.8) is 0 Å². The number of ether oxygens (including phenoxy) is 2. The number of likely N-dealkylation sites (tertiary alicyclic amines) is 1. The Bertz CT molecular complexity index is 922. The van der Waals surface area contributed by atoms with E-state index in [2.05, 4.69) is 0 Å². The first-order valence-corrected chi connectivity index (χ1v) is 13.0. The second-order valence-electron chi connectivity index (χ2n) is 9.43. The van der Waals surface area contributed by atoms with E-state index < -0.39 is 15.7 Å². The van der Waals surface area contributed by atoms with Gasteiger partial charge in [-0.25, -0.2) is 17.6 Å². The van der Waals surface area contributed by atoms with Crippen LogP contribution in [0, 0.1) is 23.6 Å². The first-order valence-electron chi connectivity index (χ1n) is 11.3. The van der Waals surface area contributed by atoms with E-state index in [0.29, 0.717) is 30.1 Å². The molecule has 31 heavy (non-hydrogen) atoms. The van der Waals surface area contributed by atoms with Gasteiger partial charge in [-0.15, -0.1) is 0 Å². The molecule has 1 aliphatic heterocycles. The van der Waals surface area contributed by atoms with Crippen molar-refractivity contribution in [3.05, 3.63) is 24.0 Å². The van der Waals surface area contributed by atoms with E-state index in [9.17, 15) is 17.6 Å². The number of carbonyl (C=O) groups is 1. The molecular formula is C23H32FNO5S. The van der Waals surface area contributed by atoms with E-state index in [1.54, 1.807) is 0 Å². The van der Waals surface area contributed by atoms with Crippen molar-refractivity contribution < 1.29 is 27.1 Å². The number of nitrogens with zero attached hydrogens (tertiary/aromatic N) is 1. The SMILES string of the molecule is CCS(=O)(=O)c1ccc(OCC[C@@H]2C[C@@H]2C2CCN(C(=O)OC3(C)CC3)CC2)cc1F. The van der Waals surface area contributed by atoms with Crippen LogP contribution in [0.15, 0.2) is 23.1 Å². The summed E-state index contributed by atoms with van der Waals surface area (Å²) in [6.07, 6.45) is 5.90. The molecule has 4 rings (SSSR count). The van der Waals surface area contributed by atoms with Crippen molar-refractivity contribution in [3.8, 4) is 5.75 Å². The molecule has 2 atom stereocenters. The molecule has 1 amide bonds. The molecule has 1 saturated heterocycles. The zero-order valence-corrected chi connectivity index (χ0v) is 19.1. The molecule has 1 aromatic rings. The molecule has 0 bridgehead atoms. The Kier molecular flexibility index (Phi) is 6.21. The van der Waals surface area contributed by atoms with E-state index >= 15 is 0 Å². The highest BCUT2D eigenvalue weighted by Crippen LogP contribution is 2.50. The summed E-state index contributed by atoms with van der Waals surface area (Å²) in [4.78, 5) is 13.8. The highest BCUT2D eigenvalue weighted by molar-refractivity contribution is 7.91. The van der Waals surface area contributed by atoms with E-state index in [1.807, 2.05) is 11.8 Å². The summed E-state index contributed by atoms with van der Waals surface area (Å²) in [7, 11) is -3.57. The quantitative estimate of drug-likeness (QED) is 0.582. The smallest absolute Gasteiger partial charge is 0.410 e. The van der Waals surface area contributed by atoms with Crippen molar-refractivity contribution in [1.82, 2.24) is 4.90 Å². The molecule has 2 saturated carbocycles. The molecule has 172 valence electrons. The fraction of sp³-hybridized carbons (Fsp3) is 0.696. The van der Waals surface area contributed by atoms with Crippen molar-refractivity contribution in [1.29, 1.82) is 0 Å². The Morgan fingerprint density at radius 1 is 1.26 bits per heavy atom. The molecule has 2 aliphatic carbocycles. The number of rotatable bonds is 8. The van der Waals surface area contributed by atoms with E-state index in [4.69, 9.17) is 9.47 Å². The van der Waals surface area contributed by atoms with Gasteiger partial charge in [0.25, 0.3) is 0 Å². The summed E-state index contributed by atoms with van der Waals surface area (Å²) in [5.74, 6) is 1.40. The first-order chi connectivity index (χ1) is 14.7. The normalized spacial score (nSPS) is 25.2. The lowest BCUT2D eigenvalue weighted by Gasteiger charge is -2.32. The van der Waals surface area contributed by atoms with Gasteiger partial charge in [0.1, 0.15) is 22.1 Å².